The molecule has 0 bridgehead atoms. The van der Waals surface area contributed by atoms with Crippen LogP contribution in [-0.2, 0) is 70.0 Å². The number of carbonyl (C=O) groups is 4. The number of aliphatic hydroxyl groups is 4. The Balaban J connectivity index is 1.01. The van der Waals surface area contributed by atoms with Gasteiger partial charge in [-0.3, -0.25) is 19.4 Å². The summed E-state index contributed by atoms with van der Waals surface area (Å²) in [6.45, 7) is 13.1. The van der Waals surface area contributed by atoms with E-state index in [1.165, 1.54) is 31.3 Å². The average molecular weight is 1130 g/mol. The third kappa shape index (κ3) is 15.4. The lowest BCUT2D eigenvalue weighted by Crippen LogP contribution is -2.64. The Morgan fingerprint density at radius 2 is 1.62 bits per heavy atom. The van der Waals surface area contributed by atoms with Gasteiger partial charge in [-0.1, -0.05) is 43.7 Å². The molecule has 23 nitrogen and oxygen atoms in total. The van der Waals surface area contributed by atoms with Crippen molar-refractivity contribution >= 4 is 35.5 Å². The van der Waals surface area contributed by atoms with Crippen LogP contribution in [0.4, 0.5) is 20.6 Å². The van der Waals surface area contributed by atoms with Crippen molar-refractivity contribution in [2.45, 2.75) is 166 Å². The molecule has 5 aliphatic rings. The van der Waals surface area contributed by atoms with Crippen molar-refractivity contribution in [2.24, 2.45) is 23.7 Å². The lowest BCUT2D eigenvalue weighted by atomic mass is 9.79. The lowest BCUT2D eigenvalue weighted by Gasteiger charge is -2.47. The van der Waals surface area contributed by atoms with Crippen LogP contribution in [0.1, 0.15) is 72.9 Å². The molecule has 4 N–H and O–H groups in total. The van der Waals surface area contributed by atoms with Gasteiger partial charge in [0.1, 0.15) is 48.7 Å². The number of nitrogens with zero attached hydrogens (tertiary/aromatic N) is 6. The number of aromatic nitrogens is 3. The molecule has 18 atom stereocenters. The monoisotopic (exact) mass is 1130 g/mol. The van der Waals surface area contributed by atoms with E-state index in [1.807, 2.05) is 17.9 Å². The van der Waals surface area contributed by atoms with Gasteiger partial charge in [0.2, 0.25) is 0 Å². The summed E-state index contributed by atoms with van der Waals surface area (Å²) < 4.78 is 70.2. The Labute approximate surface area is 467 Å². The van der Waals surface area contributed by atoms with Crippen LogP contribution in [0.25, 0.3) is 0 Å². The van der Waals surface area contributed by atoms with Crippen LogP contribution in [0.3, 0.4) is 0 Å². The number of hydrogen-bond donors (Lipinski definition) is 4. The first-order valence-corrected chi connectivity index (χ1v) is 27.8. The number of allylic oxidation sites excluding steroid dienone is 3. The largest absolute Gasteiger partial charge is 0.462 e. The smallest absolute Gasteiger partial charge is 0.414 e. The summed E-state index contributed by atoms with van der Waals surface area (Å²) in [4.78, 5) is 58.1. The number of esters is 1. The van der Waals surface area contributed by atoms with Crippen LogP contribution in [0, 0.1) is 29.5 Å². The maximum absolute atomic E-state index is 15.2. The van der Waals surface area contributed by atoms with Gasteiger partial charge in [-0.15, -0.1) is 5.10 Å². The first kappa shape index (κ1) is 62.8. The summed E-state index contributed by atoms with van der Waals surface area (Å²) in [7, 11) is 4.64. The summed E-state index contributed by atoms with van der Waals surface area (Å²) >= 11 is 0. The predicted molar refractivity (Wildman–Crippen MR) is 286 cm³/mol. The van der Waals surface area contributed by atoms with Crippen molar-refractivity contribution < 1.29 is 86.6 Å². The SMILES string of the molecule is CC[C@H]1OC(=O)C[C@@H](O)[C@H](C)[C@@H](O[C@@H]2O[C@H](C)[C@@H](O)[C@H](N(C)CCc3cn(C[C@H]4CN(c5ccc(N6CCOCC6)c(F)c5)C(=O)O4)nn3)[C@H]2O)[C@@H](CC=O)C[C@@H](C)C(=O)/C=C/C(C)=C/[C@@H]1CO[C@@H]1O[C@H](C)[C@@H](O)[C@@H](OC)[C@H]1OC. The zero-order valence-corrected chi connectivity index (χ0v) is 47.4. The third-order valence-corrected chi connectivity index (χ3v) is 16.2. The van der Waals surface area contributed by atoms with Gasteiger partial charge in [-0.05, 0) is 70.9 Å². The third-order valence-electron chi connectivity index (χ3n) is 16.2. The van der Waals surface area contributed by atoms with Crippen LogP contribution in [-0.4, -0.2) is 217 Å². The molecule has 0 spiro atoms. The molecular weight excluding hydrogens is 1050 g/mol. The molecule has 0 radical (unpaired) electrons. The number of benzene rings is 1. The first-order chi connectivity index (χ1) is 38.2. The zero-order chi connectivity index (χ0) is 57.9. The molecule has 80 heavy (non-hydrogen) atoms. The number of morpholine rings is 1. The van der Waals surface area contributed by atoms with Crippen molar-refractivity contribution in [3.63, 3.8) is 0 Å². The fourth-order valence-electron chi connectivity index (χ4n) is 11.4. The fourth-order valence-corrected chi connectivity index (χ4v) is 11.4. The minimum Gasteiger partial charge on any atom is -0.462 e. The van der Waals surface area contributed by atoms with E-state index >= 15 is 4.39 Å². The van der Waals surface area contributed by atoms with E-state index in [2.05, 4.69) is 10.3 Å². The van der Waals surface area contributed by atoms with Crippen LogP contribution in [0.2, 0.25) is 0 Å². The lowest BCUT2D eigenvalue weighted by molar-refractivity contribution is -0.305. The van der Waals surface area contributed by atoms with Gasteiger partial charge in [-0.2, -0.15) is 0 Å². The van der Waals surface area contributed by atoms with Crippen molar-refractivity contribution in [3.8, 4) is 0 Å². The Hall–Kier alpha value is -4.83. The minimum atomic E-state index is -1.48. The molecule has 1 amide bonds. The van der Waals surface area contributed by atoms with Crippen LogP contribution in [0.5, 0.6) is 0 Å². The molecule has 4 fully saturated rings. The second-order valence-electron chi connectivity index (χ2n) is 21.9. The summed E-state index contributed by atoms with van der Waals surface area (Å²) in [5, 5.41) is 54.8. The molecule has 1 aromatic heterocycles. The van der Waals surface area contributed by atoms with Gasteiger partial charge in [0, 0.05) is 70.6 Å². The molecule has 0 unspecified atom stereocenters. The summed E-state index contributed by atoms with van der Waals surface area (Å²) in [5.41, 5.74) is 2.06. The van der Waals surface area contributed by atoms with Gasteiger partial charge in [0.05, 0.1) is 93.0 Å². The predicted octanol–water partition coefficient (Wildman–Crippen LogP) is 2.77. The molecule has 7 rings (SSSR count). The van der Waals surface area contributed by atoms with E-state index in [1.54, 1.807) is 75.7 Å². The number of aliphatic hydroxyl groups excluding tert-OH is 4. The van der Waals surface area contributed by atoms with Gasteiger partial charge in [0.15, 0.2) is 18.4 Å². The minimum absolute atomic E-state index is 0.0274. The van der Waals surface area contributed by atoms with Crippen molar-refractivity contribution in [1.29, 1.82) is 0 Å². The summed E-state index contributed by atoms with van der Waals surface area (Å²) in [5.74, 6) is -4.24. The molecule has 5 aliphatic heterocycles. The number of anilines is 2. The molecular formula is C56H83FN6O17. The quantitative estimate of drug-likeness (QED) is 0.123. The summed E-state index contributed by atoms with van der Waals surface area (Å²) in [6.07, 6.45) is -5.96. The van der Waals surface area contributed by atoms with E-state index in [-0.39, 0.29) is 44.9 Å². The maximum Gasteiger partial charge on any atom is 0.414 e. The van der Waals surface area contributed by atoms with Gasteiger partial charge < -0.3 is 72.8 Å². The molecule has 0 saturated carbocycles. The van der Waals surface area contributed by atoms with Crippen molar-refractivity contribution in [1.82, 2.24) is 19.9 Å². The number of hydrogen-bond acceptors (Lipinski definition) is 21. The molecule has 24 heteroatoms. The molecule has 0 aliphatic carbocycles. The number of ether oxygens (including phenoxy) is 9. The van der Waals surface area contributed by atoms with Crippen LogP contribution in [0.15, 0.2) is 48.2 Å². The van der Waals surface area contributed by atoms with Gasteiger partial charge in [-0.25, -0.2) is 13.9 Å². The highest BCUT2D eigenvalue weighted by Gasteiger charge is 2.49. The number of carbonyl (C=O) groups excluding carboxylic acids is 4. The van der Waals surface area contributed by atoms with Crippen molar-refractivity contribution in [2.75, 3.05) is 77.1 Å². The van der Waals surface area contributed by atoms with E-state index in [0.29, 0.717) is 68.1 Å². The highest BCUT2D eigenvalue weighted by molar-refractivity contribution is 5.92. The Morgan fingerprint density at radius 3 is 2.31 bits per heavy atom. The Kier molecular flexibility index (Phi) is 22.7. The van der Waals surface area contributed by atoms with Crippen LogP contribution < -0.4 is 9.80 Å². The average Bonchev–Trinajstić information content (AvgIpc) is 4.11. The number of cyclic esters (lactones) is 2. The highest BCUT2D eigenvalue weighted by Crippen LogP contribution is 2.36. The molecule has 1 aromatic carbocycles. The molecule has 6 heterocycles. The Morgan fingerprint density at radius 1 is 0.912 bits per heavy atom. The number of rotatable bonds is 18. The van der Waals surface area contributed by atoms with E-state index in [0.717, 1.165) is 0 Å². The normalized spacial score (nSPS) is 36.3. The highest BCUT2D eigenvalue weighted by atomic mass is 19.1. The molecule has 446 valence electrons. The molecule has 2 aromatic rings. The Bertz CT molecular complexity index is 2430. The van der Waals surface area contributed by atoms with E-state index < -0.39 is 134 Å². The van der Waals surface area contributed by atoms with E-state index in [4.69, 9.17) is 42.6 Å². The number of likely N-dealkylation sites (N-methyl/N-ethyl adjacent to an activating group) is 1. The maximum atomic E-state index is 15.2. The topological polar surface area (TPSA) is 273 Å². The fraction of sp³-hybridized carbons (Fsp3) is 0.714. The molecule has 4 saturated heterocycles. The number of aldehydes is 1. The van der Waals surface area contributed by atoms with Crippen LogP contribution >= 0.6 is 0 Å². The van der Waals surface area contributed by atoms with E-state index in [9.17, 15) is 39.6 Å². The van der Waals surface area contributed by atoms with Gasteiger partial charge >= 0.3 is 12.1 Å². The van der Waals surface area contributed by atoms with Gasteiger partial charge in [0.25, 0.3) is 0 Å². The number of halogens is 1. The van der Waals surface area contributed by atoms with Crippen molar-refractivity contribution in [3.05, 3.63) is 59.7 Å². The number of amides is 1. The number of ketones is 1. The zero-order valence-electron chi connectivity index (χ0n) is 47.4. The first-order valence-electron chi connectivity index (χ1n) is 27.8. The standard InChI is InChI=1S/C56H83FN6O17/c1-10-45-37(30-75-55-53(73-9)52(72-8)49(69)35(6)77-55)23-31(2)11-14-43(65)32(3)24-36(16-20-64)51(33(4)44(66)26-46(67)79-45)80-54-50(70)47(48(68)34(5)76-54)60(7)17-15-38-27-62(59-58-38)28-40-29-63(56(71)78-40)39-12-13-42(41(57)25-39)61-18-21-74-22-19-61/h11-14,20,23,25,27,32-37,40,44-45,47-55,66,68-70H,10,15-19,21-22,24,26,28-30H2,1-9H3/b14-11+,31-23+/t32-,33+,34-,35-,36+,37-,40+,44-,45-,47+,48-,49-,50-,51-,52-,53-,54+,55-/m1/s1. The second kappa shape index (κ2) is 28.9. The number of methoxy groups -OCH3 is 2. The summed E-state index contributed by atoms with van der Waals surface area (Å²) in [6, 6.07) is 3.73. The second-order valence-corrected chi connectivity index (χ2v) is 21.9.